The smallest absolute Gasteiger partial charge is 0.172 e. The van der Waals surface area contributed by atoms with Crippen molar-refractivity contribution < 1.29 is 9.84 Å². The molecule has 1 fully saturated rings. The van der Waals surface area contributed by atoms with Gasteiger partial charge < -0.3 is 15.2 Å². The van der Waals surface area contributed by atoms with E-state index in [4.69, 9.17) is 4.74 Å². The number of nitrogens with one attached hydrogen (secondary N) is 1. The predicted octanol–water partition coefficient (Wildman–Crippen LogP) is 0.409. The minimum Gasteiger partial charge on any atom is -0.508 e. The number of hydrogen-bond donors (Lipinski definition) is 2. The zero-order valence-corrected chi connectivity index (χ0v) is 10.0. The minimum atomic E-state index is -0.703. The molecule has 2 heterocycles. The molecule has 18 heavy (non-hydrogen) atoms. The first-order chi connectivity index (χ1) is 8.76. The van der Waals surface area contributed by atoms with Crippen molar-refractivity contribution in [1.29, 1.82) is 5.26 Å². The van der Waals surface area contributed by atoms with Crippen molar-refractivity contribution in [1.82, 2.24) is 10.2 Å². The maximum Gasteiger partial charge on any atom is 0.172 e. The van der Waals surface area contributed by atoms with Gasteiger partial charge in [0.1, 0.15) is 18.1 Å². The molecule has 2 N–H and O–H groups in total. The highest BCUT2D eigenvalue weighted by molar-refractivity contribution is 5.50. The Kier molecular flexibility index (Phi) is 2.62. The van der Waals surface area contributed by atoms with Gasteiger partial charge in [-0.05, 0) is 12.1 Å². The van der Waals surface area contributed by atoms with E-state index >= 15 is 0 Å². The van der Waals surface area contributed by atoms with Crippen LogP contribution in [0.25, 0.3) is 0 Å². The van der Waals surface area contributed by atoms with Gasteiger partial charge in [-0.15, -0.1) is 0 Å². The Morgan fingerprint density at radius 2 is 2.17 bits per heavy atom. The van der Waals surface area contributed by atoms with Crippen LogP contribution in [0.5, 0.6) is 11.5 Å². The van der Waals surface area contributed by atoms with Crippen LogP contribution < -0.4 is 10.1 Å². The van der Waals surface area contributed by atoms with Crippen molar-refractivity contribution in [3.05, 3.63) is 23.8 Å². The topological polar surface area (TPSA) is 68.5 Å². The van der Waals surface area contributed by atoms with E-state index in [1.54, 1.807) is 18.2 Å². The molecule has 1 unspecified atom stereocenters. The van der Waals surface area contributed by atoms with E-state index in [1.807, 2.05) is 0 Å². The third kappa shape index (κ3) is 1.54. The number of fused-ring (bicyclic) bond motifs is 1. The normalized spacial score (nSPS) is 27.3. The Morgan fingerprint density at radius 3 is 2.89 bits per heavy atom. The van der Waals surface area contributed by atoms with Gasteiger partial charge in [0.2, 0.25) is 0 Å². The first-order valence-corrected chi connectivity index (χ1v) is 6.09. The molecule has 2 aliphatic rings. The second-order valence-electron chi connectivity index (χ2n) is 4.68. The van der Waals surface area contributed by atoms with Crippen LogP contribution >= 0.6 is 0 Å². The Bertz CT molecular complexity index is 505. The van der Waals surface area contributed by atoms with Crippen LogP contribution in [0.15, 0.2) is 18.2 Å². The predicted molar refractivity (Wildman–Crippen MR) is 65.3 cm³/mol. The number of hydrogen-bond acceptors (Lipinski definition) is 5. The molecule has 0 aromatic heterocycles. The lowest BCUT2D eigenvalue weighted by Gasteiger charge is -2.37. The monoisotopic (exact) mass is 245 g/mol. The van der Waals surface area contributed by atoms with E-state index in [0.29, 0.717) is 12.4 Å². The average molecular weight is 245 g/mol. The molecule has 1 aromatic carbocycles. The first kappa shape index (κ1) is 11.3. The molecule has 5 heteroatoms. The molecule has 0 aliphatic carbocycles. The number of nitriles is 1. The number of benzene rings is 1. The third-order valence-electron chi connectivity index (χ3n) is 3.69. The number of piperazine rings is 1. The summed E-state index contributed by atoms with van der Waals surface area (Å²) in [6, 6.07) is 7.40. The van der Waals surface area contributed by atoms with Crippen LogP contribution in [0.1, 0.15) is 5.56 Å². The number of phenols is 1. The first-order valence-electron chi connectivity index (χ1n) is 6.09. The van der Waals surface area contributed by atoms with E-state index in [2.05, 4.69) is 16.3 Å². The van der Waals surface area contributed by atoms with Gasteiger partial charge in [0.25, 0.3) is 0 Å². The molecule has 0 amide bonds. The van der Waals surface area contributed by atoms with Crippen molar-refractivity contribution in [3.63, 3.8) is 0 Å². The molecule has 3 rings (SSSR count). The maximum atomic E-state index is 9.63. The van der Waals surface area contributed by atoms with E-state index in [1.165, 1.54) is 0 Å². The van der Waals surface area contributed by atoms with E-state index in [0.717, 1.165) is 31.7 Å². The Hall–Kier alpha value is -1.77. The fraction of sp³-hybridized carbons (Fsp3) is 0.462. The van der Waals surface area contributed by atoms with Crippen LogP contribution in [0.3, 0.4) is 0 Å². The summed E-state index contributed by atoms with van der Waals surface area (Å²) in [6.07, 6.45) is 0. The molecule has 94 valence electrons. The largest absolute Gasteiger partial charge is 0.508 e. The van der Waals surface area contributed by atoms with Crippen LogP contribution in [0, 0.1) is 11.3 Å². The van der Waals surface area contributed by atoms with Crippen molar-refractivity contribution >= 4 is 0 Å². The van der Waals surface area contributed by atoms with Gasteiger partial charge in [-0.1, -0.05) is 0 Å². The molecular formula is C13H15N3O2. The number of nitrogens with zero attached hydrogens (tertiary/aromatic N) is 2. The molecule has 2 aliphatic heterocycles. The van der Waals surface area contributed by atoms with Crippen LogP contribution in [0.4, 0.5) is 0 Å². The second-order valence-corrected chi connectivity index (χ2v) is 4.68. The summed E-state index contributed by atoms with van der Waals surface area (Å²) < 4.78 is 5.59. The summed E-state index contributed by atoms with van der Waals surface area (Å²) in [5.41, 5.74) is 0.162. The average Bonchev–Trinajstić information content (AvgIpc) is 2.79. The van der Waals surface area contributed by atoms with Crippen molar-refractivity contribution in [3.8, 4) is 17.6 Å². The van der Waals surface area contributed by atoms with Gasteiger partial charge in [-0.25, -0.2) is 0 Å². The SMILES string of the molecule is N#CC1(N2CCNCC2)COc2cc(O)ccc21. The summed E-state index contributed by atoms with van der Waals surface area (Å²) in [5, 5.41) is 22.4. The molecule has 0 saturated carbocycles. The quantitative estimate of drug-likeness (QED) is 0.750. The molecular weight excluding hydrogens is 230 g/mol. The number of ether oxygens (including phenoxy) is 1. The molecule has 1 saturated heterocycles. The standard InChI is InChI=1S/C13H15N3O2/c14-8-13(16-5-3-15-4-6-16)9-18-12-7-10(17)1-2-11(12)13/h1-2,7,15,17H,3-6,9H2. The molecule has 0 radical (unpaired) electrons. The summed E-state index contributed by atoms with van der Waals surface area (Å²) >= 11 is 0. The van der Waals surface area contributed by atoms with E-state index in [-0.39, 0.29) is 5.75 Å². The van der Waals surface area contributed by atoms with Crippen LogP contribution in [-0.2, 0) is 5.54 Å². The van der Waals surface area contributed by atoms with Gasteiger partial charge in [0.05, 0.1) is 6.07 Å². The van der Waals surface area contributed by atoms with Gasteiger partial charge >= 0.3 is 0 Å². The molecule has 1 atom stereocenters. The Labute approximate surface area is 106 Å². The molecule has 0 bridgehead atoms. The lowest BCUT2D eigenvalue weighted by molar-refractivity contribution is 0.0938. The maximum absolute atomic E-state index is 9.63. The highest BCUT2D eigenvalue weighted by atomic mass is 16.5. The van der Waals surface area contributed by atoms with Gasteiger partial charge in [0.15, 0.2) is 5.54 Å². The zero-order valence-electron chi connectivity index (χ0n) is 10.0. The summed E-state index contributed by atoms with van der Waals surface area (Å²) in [4.78, 5) is 2.16. The highest BCUT2D eigenvalue weighted by Crippen LogP contribution is 2.42. The Morgan fingerprint density at radius 1 is 1.39 bits per heavy atom. The summed E-state index contributed by atoms with van der Waals surface area (Å²) in [7, 11) is 0. The number of phenolic OH excluding ortho intramolecular Hbond substituents is 1. The number of aromatic hydroxyl groups is 1. The van der Waals surface area contributed by atoms with Gasteiger partial charge in [-0.3, -0.25) is 4.90 Å². The van der Waals surface area contributed by atoms with E-state index in [9.17, 15) is 10.4 Å². The molecule has 0 spiro atoms. The second kappa shape index (κ2) is 4.16. The van der Waals surface area contributed by atoms with Crippen molar-refractivity contribution in [2.75, 3.05) is 32.8 Å². The fourth-order valence-electron chi connectivity index (χ4n) is 2.70. The molecule has 1 aromatic rings. The van der Waals surface area contributed by atoms with Crippen LogP contribution in [0.2, 0.25) is 0 Å². The van der Waals surface area contributed by atoms with Crippen molar-refractivity contribution in [2.45, 2.75) is 5.54 Å². The summed E-state index contributed by atoms with van der Waals surface area (Å²) in [6.45, 7) is 3.77. The number of rotatable bonds is 1. The Balaban J connectivity index is 2.02. The van der Waals surface area contributed by atoms with E-state index < -0.39 is 5.54 Å². The lowest BCUT2D eigenvalue weighted by atomic mass is 9.91. The van der Waals surface area contributed by atoms with Gasteiger partial charge in [0, 0.05) is 37.8 Å². The van der Waals surface area contributed by atoms with Crippen LogP contribution in [-0.4, -0.2) is 42.8 Å². The zero-order chi connectivity index (χ0) is 12.6. The lowest BCUT2D eigenvalue weighted by Crippen LogP contribution is -2.54. The molecule has 5 nitrogen and oxygen atoms in total. The minimum absolute atomic E-state index is 0.169. The fourth-order valence-corrected chi connectivity index (χ4v) is 2.70. The van der Waals surface area contributed by atoms with Gasteiger partial charge in [-0.2, -0.15) is 5.26 Å². The van der Waals surface area contributed by atoms with Crippen molar-refractivity contribution in [2.24, 2.45) is 0 Å². The summed E-state index contributed by atoms with van der Waals surface area (Å²) in [5.74, 6) is 0.790. The third-order valence-corrected chi connectivity index (χ3v) is 3.69. The highest BCUT2D eigenvalue weighted by Gasteiger charge is 2.46.